The van der Waals surface area contributed by atoms with E-state index in [4.69, 9.17) is 0 Å². The summed E-state index contributed by atoms with van der Waals surface area (Å²) in [6.07, 6.45) is 4.43. The van der Waals surface area contributed by atoms with Crippen LogP contribution in [0.5, 0.6) is 0 Å². The first kappa shape index (κ1) is 14.9. The molecule has 0 aliphatic carbocycles. The average molecular weight is 357 g/mol. The normalized spacial score (nSPS) is 13.9. The Morgan fingerprint density at radius 2 is 1.19 bits per heavy atom. The fourth-order valence-electron chi connectivity index (χ4n) is 4.26. The second kappa shape index (κ2) is 5.67. The SMILES string of the molecule is C1=C[Si]C(c2cccc3cc4ccc5cc6ccccc6cc5c4cc23)=C1. The molecule has 0 saturated heterocycles. The molecule has 0 spiro atoms. The Balaban J connectivity index is 1.74. The number of benzene rings is 5. The first-order chi connectivity index (χ1) is 13.4. The van der Waals surface area contributed by atoms with Crippen LogP contribution in [0, 0.1) is 0 Å². The fourth-order valence-corrected chi connectivity index (χ4v) is 5.19. The third-order valence-electron chi connectivity index (χ3n) is 5.59. The van der Waals surface area contributed by atoms with Crippen molar-refractivity contribution in [1.82, 2.24) is 0 Å². The third-order valence-corrected chi connectivity index (χ3v) is 6.70. The minimum Gasteiger partial charge on any atom is -0.0933 e. The van der Waals surface area contributed by atoms with Crippen LogP contribution in [0.3, 0.4) is 0 Å². The van der Waals surface area contributed by atoms with E-state index in [9.17, 15) is 0 Å². The molecule has 0 saturated carbocycles. The van der Waals surface area contributed by atoms with E-state index < -0.39 is 0 Å². The molecule has 0 aromatic heterocycles. The van der Waals surface area contributed by atoms with E-state index in [1.807, 2.05) is 0 Å². The molecule has 0 atom stereocenters. The van der Waals surface area contributed by atoms with Crippen LogP contribution in [0.1, 0.15) is 5.56 Å². The minimum absolute atomic E-state index is 0.766. The maximum atomic E-state index is 2.40. The van der Waals surface area contributed by atoms with Crippen LogP contribution in [0.4, 0.5) is 0 Å². The fraction of sp³-hybridized carbons (Fsp3) is 0. The maximum absolute atomic E-state index is 2.40. The van der Waals surface area contributed by atoms with Crippen molar-refractivity contribution in [3.63, 3.8) is 0 Å². The molecule has 1 aliphatic heterocycles. The summed E-state index contributed by atoms with van der Waals surface area (Å²) in [7, 11) is 0.766. The third kappa shape index (κ3) is 2.29. The lowest BCUT2D eigenvalue weighted by molar-refractivity contribution is 1.73. The molecule has 0 amide bonds. The number of fused-ring (bicyclic) bond motifs is 5. The topological polar surface area (TPSA) is 0 Å². The Hall–Kier alpha value is -3.16. The molecule has 0 nitrogen and oxygen atoms in total. The lowest BCUT2D eigenvalue weighted by Crippen LogP contribution is -1.91. The smallest absolute Gasteiger partial charge is 0.0933 e. The average Bonchev–Trinajstić information content (AvgIpc) is 3.25. The zero-order valence-electron chi connectivity index (χ0n) is 14.7. The summed E-state index contributed by atoms with van der Waals surface area (Å²) in [6.45, 7) is 0. The standard InChI is InChI=1S/C26H16Si/c1-2-6-18-15-23-20(13-17(18)5-1)10-11-21-14-19-7-3-8-22(24(19)16-25(21)23)26-9-4-12-27-26/h1-16H. The van der Waals surface area contributed by atoms with Crippen LogP contribution in [-0.2, 0) is 0 Å². The van der Waals surface area contributed by atoms with Gasteiger partial charge in [-0.1, -0.05) is 77.6 Å². The predicted octanol–water partition coefficient (Wildman–Crippen LogP) is 6.87. The zero-order valence-corrected chi connectivity index (χ0v) is 15.7. The highest BCUT2D eigenvalue weighted by atomic mass is 28.2. The number of rotatable bonds is 1. The zero-order chi connectivity index (χ0) is 17.8. The Bertz CT molecular complexity index is 1440. The van der Waals surface area contributed by atoms with Gasteiger partial charge in [-0.25, -0.2) is 0 Å². The van der Waals surface area contributed by atoms with Gasteiger partial charge in [0.25, 0.3) is 0 Å². The molecule has 1 heteroatoms. The summed E-state index contributed by atoms with van der Waals surface area (Å²) < 4.78 is 0. The summed E-state index contributed by atoms with van der Waals surface area (Å²) in [4.78, 5) is 0. The van der Waals surface area contributed by atoms with Gasteiger partial charge in [0.2, 0.25) is 0 Å². The van der Waals surface area contributed by atoms with Crippen molar-refractivity contribution in [2.24, 2.45) is 0 Å². The van der Waals surface area contributed by atoms with E-state index >= 15 is 0 Å². The monoisotopic (exact) mass is 356 g/mol. The van der Waals surface area contributed by atoms with Crippen molar-refractivity contribution in [1.29, 1.82) is 0 Å². The molecule has 0 bridgehead atoms. The Kier molecular flexibility index (Phi) is 3.14. The molecular weight excluding hydrogens is 340 g/mol. The van der Waals surface area contributed by atoms with Gasteiger partial charge in [-0.05, 0) is 72.9 Å². The van der Waals surface area contributed by atoms with Gasteiger partial charge in [0.1, 0.15) is 9.52 Å². The van der Waals surface area contributed by atoms with Crippen LogP contribution in [-0.4, -0.2) is 9.52 Å². The van der Waals surface area contributed by atoms with Gasteiger partial charge in [0.15, 0.2) is 0 Å². The predicted molar refractivity (Wildman–Crippen MR) is 119 cm³/mol. The summed E-state index contributed by atoms with van der Waals surface area (Å²) in [5.41, 5.74) is 3.63. The number of hydrogen-bond donors (Lipinski definition) is 0. The summed E-state index contributed by atoms with van der Waals surface area (Å²) in [6, 6.07) is 29.2. The molecule has 5 aromatic rings. The van der Waals surface area contributed by atoms with Crippen LogP contribution < -0.4 is 0 Å². The second-order valence-corrected chi connectivity index (χ2v) is 8.33. The maximum Gasteiger partial charge on any atom is 0.112 e. The van der Waals surface area contributed by atoms with Crippen molar-refractivity contribution >= 4 is 57.8 Å². The van der Waals surface area contributed by atoms with Crippen molar-refractivity contribution < 1.29 is 0 Å². The number of hydrogen-bond acceptors (Lipinski definition) is 0. The Morgan fingerprint density at radius 3 is 1.96 bits per heavy atom. The summed E-state index contributed by atoms with van der Waals surface area (Å²) in [5, 5.41) is 12.0. The lowest BCUT2D eigenvalue weighted by Gasteiger charge is -2.11. The van der Waals surface area contributed by atoms with Crippen molar-refractivity contribution in [3.8, 4) is 0 Å². The molecule has 0 N–H and O–H groups in total. The highest BCUT2D eigenvalue weighted by Gasteiger charge is 2.11. The van der Waals surface area contributed by atoms with Crippen LogP contribution in [0.15, 0.2) is 96.7 Å². The van der Waals surface area contributed by atoms with Gasteiger partial charge in [-0.3, -0.25) is 0 Å². The highest BCUT2D eigenvalue weighted by Crippen LogP contribution is 2.35. The van der Waals surface area contributed by atoms with E-state index in [1.165, 1.54) is 53.8 Å². The van der Waals surface area contributed by atoms with Gasteiger partial charge < -0.3 is 0 Å². The number of allylic oxidation sites excluding steroid dienone is 2. The molecule has 2 radical (unpaired) electrons. The quantitative estimate of drug-likeness (QED) is 0.175. The largest absolute Gasteiger partial charge is 0.112 e. The van der Waals surface area contributed by atoms with Gasteiger partial charge in [0.05, 0.1) is 0 Å². The Labute approximate surface area is 160 Å². The Morgan fingerprint density at radius 1 is 0.519 bits per heavy atom. The van der Waals surface area contributed by atoms with E-state index in [0.717, 1.165) is 9.52 Å². The van der Waals surface area contributed by atoms with Gasteiger partial charge in [0, 0.05) is 0 Å². The van der Waals surface area contributed by atoms with E-state index in [0.29, 0.717) is 0 Å². The molecular formula is C26H16Si. The first-order valence-corrected chi connectivity index (χ1v) is 10.4. The minimum atomic E-state index is 0.766. The van der Waals surface area contributed by atoms with Crippen LogP contribution in [0.2, 0.25) is 0 Å². The van der Waals surface area contributed by atoms with Crippen LogP contribution in [0.25, 0.3) is 48.3 Å². The molecule has 1 heterocycles. The highest BCUT2D eigenvalue weighted by molar-refractivity contribution is 6.67. The molecule has 0 unspecified atom stereocenters. The van der Waals surface area contributed by atoms with E-state index in [2.05, 4.69) is 96.7 Å². The second-order valence-electron chi connectivity index (χ2n) is 7.17. The molecule has 5 aromatic carbocycles. The van der Waals surface area contributed by atoms with Crippen molar-refractivity contribution in [2.45, 2.75) is 0 Å². The van der Waals surface area contributed by atoms with Gasteiger partial charge in [-0.2, -0.15) is 0 Å². The van der Waals surface area contributed by atoms with Gasteiger partial charge in [-0.15, -0.1) is 0 Å². The molecule has 124 valence electrons. The van der Waals surface area contributed by atoms with E-state index in [-0.39, 0.29) is 0 Å². The molecule has 1 aliphatic rings. The summed E-state index contributed by atoms with van der Waals surface area (Å²) in [5.74, 6) is 0. The lowest BCUT2D eigenvalue weighted by atomic mass is 9.94. The first-order valence-electron chi connectivity index (χ1n) is 9.29. The van der Waals surface area contributed by atoms with E-state index in [1.54, 1.807) is 0 Å². The van der Waals surface area contributed by atoms with Gasteiger partial charge >= 0.3 is 0 Å². The summed E-state index contributed by atoms with van der Waals surface area (Å²) >= 11 is 0. The molecule has 0 fully saturated rings. The van der Waals surface area contributed by atoms with Crippen molar-refractivity contribution in [3.05, 3.63) is 102 Å². The molecule has 27 heavy (non-hydrogen) atoms. The van der Waals surface area contributed by atoms with Crippen LogP contribution >= 0.6 is 0 Å². The van der Waals surface area contributed by atoms with Crippen molar-refractivity contribution in [2.75, 3.05) is 0 Å². The molecule has 6 rings (SSSR count).